The van der Waals surface area contributed by atoms with E-state index in [4.69, 9.17) is 4.74 Å². The van der Waals surface area contributed by atoms with Gasteiger partial charge < -0.3 is 10.1 Å². The predicted molar refractivity (Wildman–Crippen MR) is 82.2 cm³/mol. The molecule has 1 unspecified atom stereocenters. The molecule has 4 heterocycles. The van der Waals surface area contributed by atoms with Crippen LogP contribution in [0.5, 0.6) is 0 Å². The first-order valence-corrected chi connectivity index (χ1v) is 8.36. The fraction of sp³-hybridized carbons (Fsp3) is 0.706. The molecule has 114 valence electrons. The van der Waals surface area contributed by atoms with Crippen molar-refractivity contribution in [2.75, 3.05) is 26.2 Å². The summed E-state index contributed by atoms with van der Waals surface area (Å²) in [5.74, 6) is 0. The Balaban J connectivity index is 1.47. The molecule has 4 heteroatoms. The molecule has 21 heavy (non-hydrogen) atoms. The quantitative estimate of drug-likeness (QED) is 0.854. The maximum atomic E-state index is 6.22. The van der Waals surface area contributed by atoms with E-state index in [0.29, 0.717) is 6.04 Å². The molecule has 2 fully saturated rings. The van der Waals surface area contributed by atoms with Gasteiger partial charge in [0.2, 0.25) is 0 Å². The molecular formula is C17H25N3O. The summed E-state index contributed by atoms with van der Waals surface area (Å²) in [5, 5.41) is 3.46. The number of piperidine rings is 1. The number of hydrogen-bond donors (Lipinski definition) is 1. The summed E-state index contributed by atoms with van der Waals surface area (Å²) in [4.78, 5) is 7.20. The van der Waals surface area contributed by atoms with Crippen LogP contribution in [0.1, 0.15) is 36.9 Å². The fourth-order valence-electron chi connectivity index (χ4n) is 4.24. The van der Waals surface area contributed by atoms with Crippen molar-refractivity contribution in [3.05, 3.63) is 29.6 Å². The Hall–Kier alpha value is -0.970. The third-order valence-corrected chi connectivity index (χ3v) is 5.49. The summed E-state index contributed by atoms with van der Waals surface area (Å²) in [6, 6.07) is 5.00. The van der Waals surface area contributed by atoms with E-state index < -0.39 is 0 Å². The molecule has 3 aliphatic heterocycles. The van der Waals surface area contributed by atoms with Gasteiger partial charge >= 0.3 is 0 Å². The van der Waals surface area contributed by atoms with Gasteiger partial charge in [-0.25, -0.2) is 0 Å². The molecule has 1 N–H and O–H groups in total. The highest BCUT2D eigenvalue weighted by atomic mass is 16.5. The van der Waals surface area contributed by atoms with Gasteiger partial charge in [-0.1, -0.05) is 6.07 Å². The van der Waals surface area contributed by atoms with Gasteiger partial charge in [-0.05, 0) is 50.4 Å². The first-order chi connectivity index (χ1) is 10.3. The Kier molecular flexibility index (Phi) is 3.69. The minimum absolute atomic E-state index is 0.156. The molecule has 1 atom stereocenters. The zero-order chi connectivity index (χ0) is 14.1. The monoisotopic (exact) mass is 287 g/mol. The van der Waals surface area contributed by atoms with Crippen LogP contribution >= 0.6 is 0 Å². The lowest BCUT2D eigenvalue weighted by Crippen LogP contribution is -2.53. The zero-order valence-electron chi connectivity index (χ0n) is 12.7. The molecule has 4 nitrogen and oxygen atoms in total. The highest BCUT2D eigenvalue weighted by Crippen LogP contribution is 2.36. The first-order valence-electron chi connectivity index (χ1n) is 8.36. The molecule has 0 bridgehead atoms. The highest BCUT2D eigenvalue weighted by molar-refractivity contribution is 5.22. The summed E-state index contributed by atoms with van der Waals surface area (Å²) in [6.07, 6.45) is 7.77. The van der Waals surface area contributed by atoms with E-state index in [-0.39, 0.29) is 5.60 Å². The van der Waals surface area contributed by atoms with Crippen molar-refractivity contribution < 1.29 is 4.74 Å². The van der Waals surface area contributed by atoms with Gasteiger partial charge in [-0.3, -0.25) is 9.88 Å². The van der Waals surface area contributed by atoms with Crippen molar-refractivity contribution in [1.29, 1.82) is 0 Å². The molecule has 2 saturated heterocycles. The summed E-state index contributed by atoms with van der Waals surface area (Å²) in [5.41, 5.74) is 2.88. The van der Waals surface area contributed by atoms with Crippen LogP contribution in [0.2, 0.25) is 0 Å². The normalized spacial score (nSPS) is 29.2. The van der Waals surface area contributed by atoms with Crippen molar-refractivity contribution in [3.63, 3.8) is 0 Å². The van der Waals surface area contributed by atoms with Gasteiger partial charge in [0.15, 0.2) is 0 Å². The van der Waals surface area contributed by atoms with Crippen LogP contribution in [-0.2, 0) is 17.7 Å². The summed E-state index contributed by atoms with van der Waals surface area (Å²) in [6.45, 7) is 5.38. The van der Waals surface area contributed by atoms with Crippen LogP contribution in [0, 0.1) is 0 Å². The molecule has 0 aromatic carbocycles. The number of fused-ring (bicyclic) bond motifs is 1. The summed E-state index contributed by atoms with van der Waals surface area (Å²) in [7, 11) is 0. The standard InChI is InChI=1S/C17H25N3O/c1-2-14-13-20(10-3-16(14)19-7-1)15-4-11-21-17(12-15)5-8-18-9-6-17/h1-2,7,15,18H,3-6,8-13H2. The average Bonchev–Trinajstić information content (AvgIpc) is 2.55. The Labute approximate surface area is 126 Å². The molecule has 1 spiro atoms. The van der Waals surface area contributed by atoms with Gasteiger partial charge in [0.05, 0.1) is 5.60 Å². The molecule has 3 aliphatic rings. The van der Waals surface area contributed by atoms with Crippen LogP contribution in [0.4, 0.5) is 0 Å². The van der Waals surface area contributed by atoms with Gasteiger partial charge in [0, 0.05) is 44.0 Å². The Morgan fingerprint density at radius 2 is 2.24 bits per heavy atom. The number of aromatic nitrogens is 1. The maximum absolute atomic E-state index is 6.22. The summed E-state index contributed by atoms with van der Waals surface area (Å²) < 4.78 is 6.22. The minimum atomic E-state index is 0.156. The van der Waals surface area contributed by atoms with Crippen molar-refractivity contribution in [2.45, 2.75) is 50.3 Å². The van der Waals surface area contributed by atoms with Crippen LogP contribution in [0.15, 0.2) is 18.3 Å². The smallest absolute Gasteiger partial charge is 0.0721 e. The third kappa shape index (κ3) is 2.72. The van der Waals surface area contributed by atoms with Crippen molar-refractivity contribution >= 4 is 0 Å². The molecule has 1 aromatic heterocycles. The lowest BCUT2D eigenvalue weighted by Gasteiger charge is -2.47. The van der Waals surface area contributed by atoms with E-state index in [1.54, 1.807) is 0 Å². The molecule has 0 saturated carbocycles. The van der Waals surface area contributed by atoms with E-state index in [1.165, 1.54) is 36.9 Å². The van der Waals surface area contributed by atoms with Crippen molar-refractivity contribution in [3.8, 4) is 0 Å². The second-order valence-corrected chi connectivity index (χ2v) is 6.76. The highest BCUT2D eigenvalue weighted by Gasteiger charge is 2.40. The molecule has 1 aromatic rings. The van der Waals surface area contributed by atoms with E-state index >= 15 is 0 Å². The van der Waals surface area contributed by atoms with Crippen molar-refractivity contribution in [1.82, 2.24) is 15.2 Å². The van der Waals surface area contributed by atoms with E-state index in [1.807, 2.05) is 6.20 Å². The van der Waals surface area contributed by atoms with E-state index in [2.05, 4.69) is 27.3 Å². The third-order valence-electron chi connectivity index (χ3n) is 5.49. The lowest BCUT2D eigenvalue weighted by atomic mass is 9.82. The summed E-state index contributed by atoms with van der Waals surface area (Å²) >= 11 is 0. The fourth-order valence-corrected chi connectivity index (χ4v) is 4.24. The lowest BCUT2D eigenvalue weighted by molar-refractivity contribution is -0.122. The van der Waals surface area contributed by atoms with Gasteiger partial charge in [-0.2, -0.15) is 0 Å². The second-order valence-electron chi connectivity index (χ2n) is 6.76. The molecule has 0 amide bonds. The average molecular weight is 287 g/mol. The molecular weight excluding hydrogens is 262 g/mol. The Morgan fingerprint density at radius 3 is 3.14 bits per heavy atom. The Morgan fingerprint density at radius 1 is 1.33 bits per heavy atom. The van der Waals surface area contributed by atoms with Crippen molar-refractivity contribution in [2.24, 2.45) is 0 Å². The van der Waals surface area contributed by atoms with Gasteiger partial charge in [-0.15, -0.1) is 0 Å². The minimum Gasteiger partial charge on any atom is -0.375 e. The number of nitrogens with zero attached hydrogens (tertiary/aromatic N) is 2. The van der Waals surface area contributed by atoms with Gasteiger partial charge in [0.1, 0.15) is 0 Å². The van der Waals surface area contributed by atoms with Crippen LogP contribution < -0.4 is 5.32 Å². The maximum Gasteiger partial charge on any atom is 0.0721 e. The number of nitrogens with one attached hydrogen (secondary N) is 1. The van der Waals surface area contributed by atoms with Crippen LogP contribution in [-0.4, -0.2) is 47.8 Å². The number of rotatable bonds is 1. The Bertz CT molecular complexity index is 493. The SMILES string of the molecule is c1cnc2c(c1)CN(C1CCOC3(CCNCC3)C1)CC2. The van der Waals surface area contributed by atoms with Crippen LogP contribution in [0.25, 0.3) is 0 Å². The number of ether oxygens (including phenoxy) is 1. The largest absolute Gasteiger partial charge is 0.375 e. The first kappa shape index (κ1) is 13.7. The number of pyridine rings is 1. The predicted octanol–water partition coefficient (Wildman–Crippen LogP) is 1.74. The topological polar surface area (TPSA) is 37.4 Å². The van der Waals surface area contributed by atoms with Crippen LogP contribution in [0.3, 0.4) is 0 Å². The number of hydrogen-bond acceptors (Lipinski definition) is 4. The molecule has 4 rings (SSSR count). The van der Waals surface area contributed by atoms with E-state index in [0.717, 1.165) is 39.2 Å². The zero-order valence-corrected chi connectivity index (χ0v) is 12.7. The van der Waals surface area contributed by atoms with E-state index in [9.17, 15) is 0 Å². The second kappa shape index (κ2) is 5.67. The molecule has 0 radical (unpaired) electrons. The van der Waals surface area contributed by atoms with Gasteiger partial charge in [0.25, 0.3) is 0 Å². The molecule has 0 aliphatic carbocycles.